The first-order valence-corrected chi connectivity index (χ1v) is 11.1. The second kappa shape index (κ2) is 10.3. The molecule has 1 amide bonds. The SMILES string of the molecule is COc1ccccc1N1CCN(CCCCCNC(=O)c2cccc3ccnn23)CC1. The molecule has 1 aromatic carbocycles. The van der Waals surface area contributed by atoms with Crippen LogP contribution in [-0.4, -0.2) is 66.8 Å². The summed E-state index contributed by atoms with van der Waals surface area (Å²) in [6, 6.07) is 15.8. The lowest BCUT2D eigenvalue weighted by Crippen LogP contribution is -2.46. The molecule has 1 saturated heterocycles. The Morgan fingerprint density at radius 3 is 2.68 bits per heavy atom. The molecule has 4 rings (SSSR count). The highest BCUT2D eigenvalue weighted by molar-refractivity contribution is 5.93. The van der Waals surface area contributed by atoms with E-state index in [0.717, 1.165) is 63.3 Å². The van der Waals surface area contributed by atoms with Gasteiger partial charge in [-0.05, 0) is 49.7 Å². The first kappa shape index (κ1) is 21.2. The summed E-state index contributed by atoms with van der Waals surface area (Å²) >= 11 is 0. The number of carbonyl (C=O) groups excluding carboxylic acids is 1. The van der Waals surface area contributed by atoms with E-state index in [4.69, 9.17) is 4.74 Å². The number of para-hydroxylation sites is 2. The minimum absolute atomic E-state index is 0.0678. The Balaban J connectivity index is 1.12. The van der Waals surface area contributed by atoms with Gasteiger partial charge in [0.1, 0.15) is 11.4 Å². The molecule has 2 aromatic heterocycles. The Kier molecular flexibility index (Phi) is 7.04. The van der Waals surface area contributed by atoms with Crippen molar-refractivity contribution in [2.75, 3.05) is 51.3 Å². The molecule has 1 aliphatic heterocycles. The van der Waals surface area contributed by atoms with Crippen molar-refractivity contribution in [3.63, 3.8) is 0 Å². The minimum Gasteiger partial charge on any atom is -0.495 e. The van der Waals surface area contributed by atoms with Crippen LogP contribution in [0, 0.1) is 0 Å². The van der Waals surface area contributed by atoms with Gasteiger partial charge in [0.2, 0.25) is 0 Å². The van der Waals surface area contributed by atoms with Gasteiger partial charge in [-0.15, -0.1) is 0 Å². The summed E-state index contributed by atoms with van der Waals surface area (Å²) in [5.41, 5.74) is 2.69. The highest BCUT2D eigenvalue weighted by Gasteiger charge is 2.19. The van der Waals surface area contributed by atoms with E-state index in [0.29, 0.717) is 12.2 Å². The Hall–Kier alpha value is -3.06. The van der Waals surface area contributed by atoms with E-state index in [9.17, 15) is 4.79 Å². The fourth-order valence-electron chi connectivity index (χ4n) is 4.15. The molecule has 164 valence electrons. The van der Waals surface area contributed by atoms with Crippen LogP contribution in [-0.2, 0) is 0 Å². The number of piperazine rings is 1. The number of ether oxygens (including phenoxy) is 1. The van der Waals surface area contributed by atoms with Gasteiger partial charge in [0.25, 0.3) is 5.91 Å². The van der Waals surface area contributed by atoms with E-state index in [1.165, 1.54) is 5.69 Å². The minimum atomic E-state index is -0.0678. The molecule has 1 fully saturated rings. The van der Waals surface area contributed by atoms with Gasteiger partial charge in [0.15, 0.2) is 0 Å². The first-order chi connectivity index (χ1) is 15.3. The number of hydrogen-bond donors (Lipinski definition) is 1. The Morgan fingerprint density at radius 1 is 1.00 bits per heavy atom. The van der Waals surface area contributed by atoms with E-state index in [1.807, 2.05) is 30.3 Å². The molecular formula is C24H31N5O2. The van der Waals surface area contributed by atoms with Gasteiger partial charge in [-0.3, -0.25) is 9.69 Å². The Morgan fingerprint density at radius 2 is 1.84 bits per heavy atom. The number of nitrogens with one attached hydrogen (secondary N) is 1. The van der Waals surface area contributed by atoms with Gasteiger partial charge in [-0.25, -0.2) is 4.52 Å². The monoisotopic (exact) mass is 421 g/mol. The van der Waals surface area contributed by atoms with E-state index in [-0.39, 0.29) is 5.91 Å². The van der Waals surface area contributed by atoms with Crippen molar-refractivity contribution >= 4 is 17.1 Å². The van der Waals surface area contributed by atoms with Crippen LogP contribution in [0.3, 0.4) is 0 Å². The summed E-state index contributed by atoms with van der Waals surface area (Å²) in [6.45, 7) is 5.99. The van der Waals surface area contributed by atoms with Crippen molar-refractivity contribution < 1.29 is 9.53 Å². The maximum Gasteiger partial charge on any atom is 0.269 e. The van der Waals surface area contributed by atoms with Crippen molar-refractivity contribution in [3.8, 4) is 5.75 Å². The fraction of sp³-hybridized carbons (Fsp3) is 0.417. The molecule has 0 aliphatic carbocycles. The topological polar surface area (TPSA) is 62.1 Å². The quantitative estimate of drug-likeness (QED) is 0.538. The van der Waals surface area contributed by atoms with Crippen LogP contribution in [0.2, 0.25) is 0 Å². The van der Waals surface area contributed by atoms with Gasteiger partial charge in [-0.1, -0.05) is 24.6 Å². The number of amides is 1. The average molecular weight is 422 g/mol. The second-order valence-electron chi connectivity index (χ2n) is 7.90. The fourth-order valence-corrected chi connectivity index (χ4v) is 4.15. The molecule has 0 unspecified atom stereocenters. The number of anilines is 1. The lowest BCUT2D eigenvalue weighted by Gasteiger charge is -2.36. The number of carbonyl (C=O) groups is 1. The predicted octanol–water partition coefficient (Wildman–Crippen LogP) is 3.07. The number of fused-ring (bicyclic) bond motifs is 1. The molecule has 31 heavy (non-hydrogen) atoms. The van der Waals surface area contributed by atoms with Gasteiger partial charge in [-0.2, -0.15) is 5.10 Å². The zero-order valence-electron chi connectivity index (χ0n) is 18.2. The lowest BCUT2D eigenvalue weighted by molar-refractivity contribution is 0.0945. The van der Waals surface area contributed by atoms with Crippen LogP contribution in [0.5, 0.6) is 5.75 Å². The van der Waals surface area contributed by atoms with Gasteiger partial charge >= 0.3 is 0 Å². The largest absolute Gasteiger partial charge is 0.495 e. The van der Waals surface area contributed by atoms with E-state index < -0.39 is 0 Å². The molecule has 0 atom stereocenters. The van der Waals surface area contributed by atoms with Crippen LogP contribution < -0.4 is 15.0 Å². The molecule has 0 saturated carbocycles. The number of hydrogen-bond acceptors (Lipinski definition) is 5. The predicted molar refractivity (Wildman–Crippen MR) is 123 cm³/mol. The van der Waals surface area contributed by atoms with Crippen LogP contribution in [0.15, 0.2) is 54.7 Å². The van der Waals surface area contributed by atoms with E-state index in [1.54, 1.807) is 23.9 Å². The molecule has 0 radical (unpaired) electrons. The number of rotatable bonds is 9. The van der Waals surface area contributed by atoms with Gasteiger partial charge < -0.3 is 15.0 Å². The number of nitrogens with zero attached hydrogens (tertiary/aromatic N) is 4. The zero-order valence-corrected chi connectivity index (χ0v) is 18.2. The van der Waals surface area contributed by atoms with Crippen molar-refractivity contribution in [1.82, 2.24) is 19.8 Å². The third kappa shape index (κ3) is 5.17. The van der Waals surface area contributed by atoms with E-state index in [2.05, 4.69) is 32.3 Å². The molecule has 7 nitrogen and oxygen atoms in total. The summed E-state index contributed by atoms with van der Waals surface area (Å²) in [4.78, 5) is 17.4. The third-order valence-electron chi connectivity index (χ3n) is 5.89. The molecular weight excluding hydrogens is 390 g/mol. The number of unbranched alkanes of at least 4 members (excludes halogenated alkanes) is 2. The first-order valence-electron chi connectivity index (χ1n) is 11.1. The lowest BCUT2D eigenvalue weighted by atomic mass is 10.2. The summed E-state index contributed by atoms with van der Waals surface area (Å²) in [5, 5.41) is 7.25. The molecule has 1 aliphatic rings. The third-order valence-corrected chi connectivity index (χ3v) is 5.89. The number of benzene rings is 1. The molecule has 3 aromatic rings. The summed E-state index contributed by atoms with van der Waals surface area (Å²) < 4.78 is 7.18. The molecule has 0 bridgehead atoms. The Labute approximate surface area is 183 Å². The molecule has 1 N–H and O–H groups in total. The second-order valence-corrected chi connectivity index (χ2v) is 7.90. The summed E-state index contributed by atoms with van der Waals surface area (Å²) in [7, 11) is 1.73. The van der Waals surface area contributed by atoms with Crippen LogP contribution in [0.4, 0.5) is 5.69 Å². The Bertz CT molecular complexity index is 994. The van der Waals surface area contributed by atoms with E-state index >= 15 is 0 Å². The summed E-state index contributed by atoms with van der Waals surface area (Å²) in [6.07, 6.45) is 4.96. The molecule has 0 spiro atoms. The number of methoxy groups -OCH3 is 1. The number of aromatic nitrogens is 2. The normalized spacial score (nSPS) is 14.7. The van der Waals surface area contributed by atoms with Crippen molar-refractivity contribution in [2.24, 2.45) is 0 Å². The summed E-state index contributed by atoms with van der Waals surface area (Å²) in [5.74, 6) is 0.878. The standard InChI is InChI=1S/C24H31N5O2/c1-31-23-11-4-3-9-21(23)28-18-16-27(17-19-28)15-6-2-5-13-25-24(30)22-10-7-8-20-12-14-26-29(20)22/h3-4,7-12,14H,2,5-6,13,15-19H2,1H3,(H,25,30). The molecule has 7 heteroatoms. The van der Waals surface area contributed by atoms with Crippen LogP contribution in [0.25, 0.3) is 5.52 Å². The molecule has 3 heterocycles. The smallest absolute Gasteiger partial charge is 0.269 e. The average Bonchev–Trinajstić information content (AvgIpc) is 3.30. The highest BCUT2D eigenvalue weighted by Crippen LogP contribution is 2.28. The van der Waals surface area contributed by atoms with Crippen LogP contribution in [0.1, 0.15) is 29.8 Å². The number of pyridine rings is 1. The van der Waals surface area contributed by atoms with Crippen molar-refractivity contribution in [3.05, 3.63) is 60.4 Å². The maximum absolute atomic E-state index is 12.4. The zero-order chi connectivity index (χ0) is 21.5. The van der Waals surface area contributed by atoms with Gasteiger partial charge in [0.05, 0.1) is 24.5 Å². The van der Waals surface area contributed by atoms with Crippen LogP contribution >= 0.6 is 0 Å². The van der Waals surface area contributed by atoms with Crippen molar-refractivity contribution in [2.45, 2.75) is 19.3 Å². The maximum atomic E-state index is 12.4. The van der Waals surface area contributed by atoms with Crippen molar-refractivity contribution in [1.29, 1.82) is 0 Å². The highest BCUT2D eigenvalue weighted by atomic mass is 16.5. The van der Waals surface area contributed by atoms with Gasteiger partial charge in [0, 0.05) is 32.7 Å².